The Bertz CT molecular complexity index is 1200. The smallest absolute Gasteiger partial charge is 0.247 e. The quantitative estimate of drug-likeness (QED) is 0.446. The van der Waals surface area contributed by atoms with Crippen molar-refractivity contribution in [2.45, 2.75) is 40.3 Å². The molecule has 0 saturated carbocycles. The lowest BCUT2D eigenvalue weighted by molar-refractivity contribution is -0.124. The summed E-state index contributed by atoms with van der Waals surface area (Å²) in [6.07, 6.45) is 3.35. The van der Waals surface area contributed by atoms with Crippen molar-refractivity contribution in [3.05, 3.63) is 76.8 Å². The Kier molecular flexibility index (Phi) is 7.23. The van der Waals surface area contributed by atoms with Crippen molar-refractivity contribution in [3.63, 3.8) is 0 Å². The van der Waals surface area contributed by atoms with E-state index in [0.29, 0.717) is 17.1 Å². The summed E-state index contributed by atoms with van der Waals surface area (Å²) in [5, 5.41) is 13.0. The summed E-state index contributed by atoms with van der Waals surface area (Å²) in [7, 11) is 0. The second kappa shape index (κ2) is 10.1. The van der Waals surface area contributed by atoms with Crippen molar-refractivity contribution < 1.29 is 23.8 Å². The van der Waals surface area contributed by atoms with Crippen LogP contribution in [0.1, 0.15) is 36.3 Å². The van der Waals surface area contributed by atoms with Gasteiger partial charge in [0.15, 0.2) is 11.5 Å². The van der Waals surface area contributed by atoms with Crippen LogP contribution in [0.15, 0.2) is 58.7 Å². The first kappa shape index (κ1) is 23.7. The largest absolute Gasteiger partial charge is 0.504 e. The number of furan rings is 1. The summed E-state index contributed by atoms with van der Waals surface area (Å²) in [6, 6.07) is 12.1. The molecule has 2 aromatic carbocycles. The van der Waals surface area contributed by atoms with Crippen molar-refractivity contribution in [2.75, 3.05) is 0 Å². The zero-order valence-corrected chi connectivity index (χ0v) is 19.1. The number of phenols is 1. The molecular formula is C26H28N2O5. The monoisotopic (exact) mass is 448 g/mol. The Balaban J connectivity index is 1.80. The Morgan fingerprint density at radius 2 is 1.94 bits per heavy atom. The normalized spacial score (nSPS) is 12.3. The number of carbonyl (C=O) groups is 2. The SMILES string of the molecule is C/C(=C\c1cc(C)c(-c2ccc(OCc3ccco3)c(O)c2)cc1C)C(=O)NC(C)C(N)=O. The number of nitrogens with one attached hydrogen (secondary N) is 1. The third-order valence-electron chi connectivity index (χ3n) is 5.34. The zero-order valence-electron chi connectivity index (χ0n) is 19.1. The van der Waals surface area contributed by atoms with Gasteiger partial charge in [0.1, 0.15) is 18.4 Å². The van der Waals surface area contributed by atoms with Gasteiger partial charge in [-0.3, -0.25) is 9.59 Å². The minimum absolute atomic E-state index is 0.0381. The molecule has 7 heteroatoms. The number of primary amides is 1. The molecule has 0 saturated heterocycles. The van der Waals surface area contributed by atoms with Gasteiger partial charge in [0.05, 0.1) is 6.26 Å². The molecule has 1 heterocycles. The van der Waals surface area contributed by atoms with Crippen LogP contribution in [0.2, 0.25) is 0 Å². The van der Waals surface area contributed by atoms with Gasteiger partial charge in [0, 0.05) is 5.57 Å². The van der Waals surface area contributed by atoms with E-state index in [9.17, 15) is 14.7 Å². The summed E-state index contributed by atoms with van der Waals surface area (Å²) < 4.78 is 10.9. The number of nitrogens with two attached hydrogens (primary N) is 1. The summed E-state index contributed by atoms with van der Waals surface area (Å²) in [5.74, 6) is 0.138. The van der Waals surface area contributed by atoms with E-state index in [-0.39, 0.29) is 18.3 Å². The zero-order chi connectivity index (χ0) is 24.1. The van der Waals surface area contributed by atoms with Crippen LogP contribution in [0.25, 0.3) is 17.2 Å². The van der Waals surface area contributed by atoms with Crippen LogP contribution in [0.5, 0.6) is 11.5 Å². The number of rotatable bonds is 8. The highest BCUT2D eigenvalue weighted by molar-refractivity contribution is 5.99. The Morgan fingerprint density at radius 1 is 1.18 bits per heavy atom. The van der Waals surface area contributed by atoms with Gasteiger partial charge in [-0.1, -0.05) is 18.2 Å². The number of benzene rings is 2. The van der Waals surface area contributed by atoms with E-state index in [4.69, 9.17) is 14.9 Å². The fourth-order valence-electron chi connectivity index (χ4n) is 3.34. The molecule has 0 radical (unpaired) electrons. The van der Waals surface area contributed by atoms with Gasteiger partial charge in [-0.05, 0) is 85.9 Å². The summed E-state index contributed by atoms with van der Waals surface area (Å²) >= 11 is 0. The summed E-state index contributed by atoms with van der Waals surface area (Å²) in [5.41, 5.74) is 10.3. The molecule has 0 spiro atoms. The number of aromatic hydroxyl groups is 1. The molecule has 0 aliphatic heterocycles. The van der Waals surface area contributed by atoms with E-state index in [1.807, 2.05) is 32.0 Å². The van der Waals surface area contributed by atoms with Gasteiger partial charge in [0.2, 0.25) is 11.8 Å². The fraction of sp³-hybridized carbons (Fsp3) is 0.231. The second-order valence-corrected chi connectivity index (χ2v) is 8.00. The lowest BCUT2D eigenvalue weighted by atomic mass is 9.94. The van der Waals surface area contributed by atoms with Gasteiger partial charge in [-0.2, -0.15) is 0 Å². The number of aryl methyl sites for hydroxylation is 2. The van der Waals surface area contributed by atoms with E-state index < -0.39 is 11.9 Å². The highest BCUT2D eigenvalue weighted by atomic mass is 16.5. The molecule has 33 heavy (non-hydrogen) atoms. The van der Waals surface area contributed by atoms with Crippen molar-refractivity contribution in [1.82, 2.24) is 5.32 Å². The predicted octanol–water partition coefficient (Wildman–Crippen LogP) is 4.24. The molecule has 172 valence electrons. The van der Waals surface area contributed by atoms with Crippen molar-refractivity contribution in [3.8, 4) is 22.6 Å². The Hall–Kier alpha value is -4.00. The number of phenolic OH excluding ortho intramolecular Hbond substituents is 1. The second-order valence-electron chi connectivity index (χ2n) is 8.00. The third kappa shape index (κ3) is 5.83. The number of hydrogen-bond acceptors (Lipinski definition) is 5. The van der Waals surface area contributed by atoms with Crippen LogP contribution in [0.4, 0.5) is 0 Å². The number of ether oxygens (including phenoxy) is 1. The van der Waals surface area contributed by atoms with Crippen molar-refractivity contribution >= 4 is 17.9 Å². The molecule has 3 rings (SSSR count). The Labute approximate surface area is 192 Å². The molecule has 0 bridgehead atoms. The van der Waals surface area contributed by atoms with Gasteiger partial charge in [-0.25, -0.2) is 0 Å². The molecule has 0 fully saturated rings. The standard InChI is InChI=1S/C26H28N2O5/c1-15-12-22(16(2)10-20(15)11-17(3)26(31)28-18(4)25(27)30)19-7-8-24(23(29)13-19)33-14-21-6-5-9-32-21/h5-13,18,29H,14H2,1-4H3,(H2,27,30)(H,28,31)/b17-11+. The maximum atomic E-state index is 12.3. The average molecular weight is 449 g/mol. The maximum Gasteiger partial charge on any atom is 0.247 e. The molecule has 3 aromatic rings. The predicted molar refractivity (Wildman–Crippen MR) is 127 cm³/mol. The topological polar surface area (TPSA) is 115 Å². The molecule has 1 aromatic heterocycles. The van der Waals surface area contributed by atoms with Crippen LogP contribution in [0, 0.1) is 13.8 Å². The number of amides is 2. The minimum atomic E-state index is -0.746. The molecule has 7 nitrogen and oxygen atoms in total. The first-order chi connectivity index (χ1) is 15.7. The average Bonchev–Trinajstić information content (AvgIpc) is 3.28. The highest BCUT2D eigenvalue weighted by Gasteiger charge is 2.14. The van der Waals surface area contributed by atoms with E-state index >= 15 is 0 Å². The van der Waals surface area contributed by atoms with Crippen molar-refractivity contribution in [1.29, 1.82) is 0 Å². The third-order valence-corrected chi connectivity index (χ3v) is 5.34. The molecule has 1 unspecified atom stereocenters. The van der Waals surface area contributed by atoms with Crippen molar-refractivity contribution in [2.24, 2.45) is 5.73 Å². The van der Waals surface area contributed by atoms with E-state index in [1.54, 1.807) is 50.5 Å². The van der Waals surface area contributed by atoms with Crippen LogP contribution >= 0.6 is 0 Å². The number of hydrogen-bond donors (Lipinski definition) is 3. The highest BCUT2D eigenvalue weighted by Crippen LogP contribution is 2.34. The first-order valence-electron chi connectivity index (χ1n) is 10.5. The van der Waals surface area contributed by atoms with E-state index in [2.05, 4.69) is 5.32 Å². The maximum absolute atomic E-state index is 12.3. The van der Waals surface area contributed by atoms with Gasteiger partial charge < -0.3 is 25.3 Å². The summed E-state index contributed by atoms with van der Waals surface area (Å²) in [6.45, 7) is 7.37. The van der Waals surface area contributed by atoms with Gasteiger partial charge >= 0.3 is 0 Å². The van der Waals surface area contributed by atoms with Crippen LogP contribution in [-0.2, 0) is 16.2 Å². The van der Waals surface area contributed by atoms with E-state index in [0.717, 1.165) is 27.8 Å². The van der Waals surface area contributed by atoms with Crippen LogP contribution in [0.3, 0.4) is 0 Å². The fourth-order valence-corrected chi connectivity index (χ4v) is 3.34. The van der Waals surface area contributed by atoms with Gasteiger partial charge in [-0.15, -0.1) is 0 Å². The van der Waals surface area contributed by atoms with Crippen LogP contribution in [-0.4, -0.2) is 23.0 Å². The molecule has 4 N–H and O–H groups in total. The Morgan fingerprint density at radius 3 is 2.58 bits per heavy atom. The molecule has 0 aliphatic carbocycles. The molecular weight excluding hydrogens is 420 g/mol. The lowest BCUT2D eigenvalue weighted by Crippen LogP contribution is -2.42. The number of carbonyl (C=O) groups excluding carboxylic acids is 2. The first-order valence-corrected chi connectivity index (χ1v) is 10.5. The molecule has 1 atom stereocenters. The van der Waals surface area contributed by atoms with Gasteiger partial charge in [0.25, 0.3) is 0 Å². The summed E-state index contributed by atoms with van der Waals surface area (Å²) in [4.78, 5) is 23.5. The molecule has 0 aliphatic rings. The lowest BCUT2D eigenvalue weighted by Gasteiger charge is -2.14. The molecule has 2 amide bonds. The van der Waals surface area contributed by atoms with E-state index in [1.165, 1.54) is 0 Å². The minimum Gasteiger partial charge on any atom is -0.504 e. The van der Waals surface area contributed by atoms with Crippen LogP contribution < -0.4 is 15.8 Å².